The predicted molar refractivity (Wildman–Crippen MR) is 246 cm³/mol. The Labute approximate surface area is 376 Å². The van der Waals surface area contributed by atoms with Gasteiger partial charge >= 0.3 is 5.97 Å². The van der Waals surface area contributed by atoms with Gasteiger partial charge in [-0.2, -0.15) is 0 Å². The van der Waals surface area contributed by atoms with E-state index in [0.29, 0.717) is 47.9 Å². The van der Waals surface area contributed by atoms with Crippen molar-refractivity contribution in [2.75, 3.05) is 30.3 Å². The fraction of sp³-hybridized carbons (Fsp3) is 0.562. The van der Waals surface area contributed by atoms with Gasteiger partial charge in [-0.05, 0) is 41.8 Å². The molecule has 0 radical (unpaired) electrons. The lowest BCUT2D eigenvalue weighted by Gasteiger charge is -2.16. The van der Waals surface area contributed by atoms with Crippen LogP contribution in [0.4, 0.5) is 17.2 Å². The number of aliphatic hydroxyl groups is 2. The van der Waals surface area contributed by atoms with Crippen LogP contribution < -0.4 is 21.3 Å². The van der Waals surface area contributed by atoms with Gasteiger partial charge < -0.3 is 41.0 Å². The van der Waals surface area contributed by atoms with E-state index in [2.05, 4.69) is 43.1 Å². The van der Waals surface area contributed by atoms with E-state index in [4.69, 9.17) is 9.47 Å². The molecule has 4 aromatic rings. The predicted octanol–water partition coefficient (Wildman–Crippen LogP) is 6.97. The molecule has 16 heteroatoms. The minimum atomic E-state index is -1.32. The van der Waals surface area contributed by atoms with Gasteiger partial charge in [-0.1, -0.05) is 121 Å². The molecule has 3 heterocycles. The van der Waals surface area contributed by atoms with Gasteiger partial charge in [0.2, 0.25) is 17.7 Å². The molecular weight excluding hydrogens is 817 g/mol. The number of rotatable bonds is 29. The van der Waals surface area contributed by atoms with E-state index < -0.39 is 24.5 Å². The van der Waals surface area contributed by atoms with Crippen LogP contribution in [0.15, 0.2) is 61.2 Å². The molecule has 0 bridgehead atoms. The van der Waals surface area contributed by atoms with E-state index in [9.17, 15) is 29.4 Å². The van der Waals surface area contributed by atoms with E-state index in [-0.39, 0.29) is 43.1 Å². The highest BCUT2D eigenvalue weighted by molar-refractivity contribution is 5.92. The van der Waals surface area contributed by atoms with Crippen molar-refractivity contribution in [3.05, 3.63) is 72.3 Å². The Hall–Kier alpha value is -5.45. The number of carbonyl (C=O) groups is 4. The van der Waals surface area contributed by atoms with E-state index in [1.54, 1.807) is 24.3 Å². The van der Waals surface area contributed by atoms with Crippen molar-refractivity contribution in [2.24, 2.45) is 0 Å². The number of unbranched alkanes of at least 4 members (excludes halogenated alkanes) is 14. The summed E-state index contributed by atoms with van der Waals surface area (Å²) in [5.74, 6) is -0.470. The number of carbonyl (C=O) groups excluding carboxylic acids is 4. The van der Waals surface area contributed by atoms with Gasteiger partial charge in [0, 0.05) is 37.8 Å². The zero-order valence-electron chi connectivity index (χ0n) is 37.6. The lowest BCUT2D eigenvalue weighted by molar-refractivity contribution is -0.150. The molecule has 1 saturated heterocycles. The fourth-order valence-electron chi connectivity index (χ4n) is 7.74. The molecule has 0 aliphatic carbocycles. The second-order valence-corrected chi connectivity index (χ2v) is 16.7. The van der Waals surface area contributed by atoms with E-state index in [1.165, 1.54) is 101 Å². The zero-order chi connectivity index (χ0) is 45.5. The SMILES string of the molecule is CCCCCCCCCCCCCCCCCC(=O)OC[C@H]1O[C@@H](n2cnc3c(Nc4ccc(CC(=O)Nc5ccc(CC(=O)NCCNC(C)=O)cc5)cc4)ncnc32)[C@H](O)[C@@H]1O. The first kappa shape index (κ1) is 49.6. The number of nitrogens with one attached hydrogen (secondary N) is 4. The molecule has 0 saturated carbocycles. The van der Waals surface area contributed by atoms with Crippen LogP contribution in [0, 0.1) is 0 Å². The Morgan fingerprint density at radius 3 is 1.86 bits per heavy atom. The van der Waals surface area contributed by atoms with Gasteiger partial charge in [0.05, 0.1) is 19.2 Å². The molecule has 6 N–H and O–H groups in total. The maximum Gasteiger partial charge on any atom is 0.305 e. The highest BCUT2D eigenvalue weighted by Gasteiger charge is 2.45. The van der Waals surface area contributed by atoms with Crippen LogP contribution in [0.1, 0.15) is 134 Å². The number of hydrogen-bond acceptors (Lipinski definition) is 12. The topological polar surface area (TPSA) is 219 Å². The van der Waals surface area contributed by atoms with Crippen LogP contribution >= 0.6 is 0 Å². The van der Waals surface area contributed by atoms with Crippen molar-refractivity contribution in [1.82, 2.24) is 30.2 Å². The van der Waals surface area contributed by atoms with Gasteiger partial charge in [0.25, 0.3) is 0 Å². The zero-order valence-corrected chi connectivity index (χ0v) is 37.6. The average Bonchev–Trinajstić information content (AvgIpc) is 3.84. The molecular formula is C48H68N8O8. The summed E-state index contributed by atoms with van der Waals surface area (Å²) in [6, 6.07) is 14.3. The molecule has 2 aromatic heterocycles. The number of aliphatic hydroxyl groups excluding tert-OH is 2. The normalized spacial score (nSPS) is 17.0. The molecule has 1 fully saturated rings. The van der Waals surface area contributed by atoms with Gasteiger partial charge in [-0.3, -0.25) is 23.7 Å². The van der Waals surface area contributed by atoms with Crippen molar-refractivity contribution < 1.29 is 38.9 Å². The van der Waals surface area contributed by atoms with Crippen LogP contribution in [0.3, 0.4) is 0 Å². The molecule has 1 aliphatic heterocycles. The first-order valence-electron chi connectivity index (χ1n) is 23.2. The van der Waals surface area contributed by atoms with Gasteiger partial charge in [-0.25, -0.2) is 15.0 Å². The summed E-state index contributed by atoms with van der Waals surface area (Å²) in [6.45, 7) is 4.20. The second-order valence-electron chi connectivity index (χ2n) is 16.7. The van der Waals surface area contributed by atoms with Crippen molar-refractivity contribution in [3.63, 3.8) is 0 Å². The van der Waals surface area contributed by atoms with Gasteiger partial charge in [-0.15, -0.1) is 0 Å². The fourth-order valence-corrected chi connectivity index (χ4v) is 7.74. The number of imidazole rings is 1. The quantitative estimate of drug-likeness (QED) is 0.0241. The first-order chi connectivity index (χ1) is 31.1. The Balaban J connectivity index is 0.994. The summed E-state index contributed by atoms with van der Waals surface area (Å²) in [5.41, 5.74) is 3.63. The third-order valence-electron chi connectivity index (χ3n) is 11.4. The molecule has 64 heavy (non-hydrogen) atoms. The number of ether oxygens (including phenoxy) is 2. The molecule has 0 unspecified atom stereocenters. The molecule has 16 nitrogen and oxygen atoms in total. The lowest BCUT2D eigenvalue weighted by Crippen LogP contribution is -2.34. The number of aromatic nitrogens is 4. The number of nitrogens with zero attached hydrogens (tertiary/aromatic N) is 4. The highest BCUT2D eigenvalue weighted by atomic mass is 16.6. The second kappa shape index (κ2) is 27.0. The van der Waals surface area contributed by atoms with Crippen LogP contribution in [-0.4, -0.2) is 91.4 Å². The van der Waals surface area contributed by atoms with Gasteiger partial charge in [0.1, 0.15) is 31.2 Å². The molecule has 1 aliphatic rings. The van der Waals surface area contributed by atoms with Crippen LogP contribution in [-0.2, 0) is 41.5 Å². The maximum atomic E-state index is 12.8. The number of esters is 1. The number of hydrogen-bond donors (Lipinski definition) is 6. The third-order valence-corrected chi connectivity index (χ3v) is 11.4. The van der Waals surface area contributed by atoms with Crippen molar-refractivity contribution in [2.45, 2.75) is 154 Å². The number of amides is 3. The van der Waals surface area contributed by atoms with Crippen LogP contribution in [0.25, 0.3) is 11.2 Å². The summed E-state index contributed by atoms with van der Waals surface area (Å²) >= 11 is 0. The Bertz CT molecular complexity index is 2040. The maximum absolute atomic E-state index is 12.8. The molecule has 2 aromatic carbocycles. The minimum absolute atomic E-state index is 0.135. The highest BCUT2D eigenvalue weighted by Crippen LogP contribution is 2.33. The Morgan fingerprint density at radius 1 is 0.688 bits per heavy atom. The smallest absolute Gasteiger partial charge is 0.305 e. The summed E-state index contributed by atoms with van der Waals surface area (Å²) in [7, 11) is 0. The average molecular weight is 885 g/mol. The molecule has 4 atom stereocenters. The number of anilines is 3. The van der Waals surface area contributed by atoms with Crippen molar-refractivity contribution >= 4 is 52.0 Å². The largest absolute Gasteiger partial charge is 0.463 e. The summed E-state index contributed by atoms with van der Waals surface area (Å²) in [6.07, 6.45) is 17.6. The number of fused-ring (bicyclic) bond motifs is 1. The van der Waals surface area contributed by atoms with Gasteiger partial charge in [0.15, 0.2) is 23.2 Å². The number of benzene rings is 2. The summed E-state index contributed by atoms with van der Waals surface area (Å²) in [4.78, 5) is 61.6. The molecule has 5 rings (SSSR count). The third kappa shape index (κ3) is 16.6. The first-order valence-corrected chi connectivity index (χ1v) is 23.2. The van der Waals surface area contributed by atoms with Crippen LogP contribution in [0.5, 0.6) is 0 Å². The molecule has 3 amide bonds. The lowest BCUT2D eigenvalue weighted by atomic mass is 10.0. The van der Waals surface area contributed by atoms with Crippen LogP contribution in [0.2, 0.25) is 0 Å². The van der Waals surface area contributed by atoms with Crippen molar-refractivity contribution in [3.8, 4) is 0 Å². The Kier molecular flexibility index (Phi) is 20.9. The van der Waals surface area contributed by atoms with Crippen molar-refractivity contribution in [1.29, 1.82) is 0 Å². The Morgan fingerprint density at radius 2 is 1.25 bits per heavy atom. The molecule has 348 valence electrons. The van der Waals surface area contributed by atoms with E-state index in [0.717, 1.165) is 30.4 Å². The standard InChI is InChI=1S/C48H68N8O8/c1-3-4-5-6-7-8-9-10-11-12-13-14-15-16-17-18-42(60)63-31-39-44(61)45(62)48(64-39)56-33-53-43-46(51-32-52-47(43)56)55-38-25-21-36(22-26-38)30-41(59)54-37-23-19-35(20-24-37)29-40(58)50-28-27-49-34(2)57/h19-26,32-33,39,44-45,48,61-62H,3-18,27-31H2,1-2H3,(H,49,57)(H,50,58)(H,54,59)(H,51,52,55)/t39-,44-,45-,48-/m1/s1. The van der Waals surface area contributed by atoms with E-state index >= 15 is 0 Å². The van der Waals surface area contributed by atoms with E-state index in [1.807, 2.05) is 24.3 Å². The monoisotopic (exact) mass is 885 g/mol. The molecule has 0 spiro atoms. The summed E-state index contributed by atoms with van der Waals surface area (Å²) in [5, 5.41) is 33.3. The minimum Gasteiger partial charge on any atom is -0.463 e. The summed E-state index contributed by atoms with van der Waals surface area (Å²) < 4.78 is 13.0.